The standard InChI is InChI=1S/C8H11F3N2S/c1-4(2)7-13-5(3-14-7)6(12)8(9,10)11/h3-4,6H,12H2,1-2H3. The molecule has 0 saturated carbocycles. The molecule has 0 amide bonds. The highest BCUT2D eigenvalue weighted by molar-refractivity contribution is 7.09. The molecule has 0 spiro atoms. The van der Waals surface area contributed by atoms with Crippen molar-refractivity contribution >= 4 is 11.3 Å². The molecule has 1 atom stereocenters. The molecule has 0 aromatic carbocycles. The molecule has 1 aromatic heterocycles. The van der Waals surface area contributed by atoms with E-state index >= 15 is 0 Å². The molecule has 1 aromatic rings. The summed E-state index contributed by atoms with van der Waals surface area (Å²) in [7, 11) is 0. The van der Waals surface area contributed by atoms with Crippen LogP contribution in [-0.2, 0) is 0 Å². The van der Waals surface area contributed by atoms with Crippen molar-refractivity contribution in [3.63, 3.8) is 0 Å². The van der Waals surface area contributed by atoms with E-state index in [1.165, 1.54) is 16.7 Å². The maximum absolute atomic E-state index is 12.2. The van der Waals surface area contributed by atoms with Crippen molar-refractivity contribution in [3.8, 4) is 0 Å². The molecule has 0 fully saturated rings. The topological polar surface area (TPSA) is 38.9 Å². The molecule has 80 valence electrons. The quantitative estimate of drug-likeness (QED) is 0.838. The summed E-state index contributed by atoms with van der Waals surface area (Å²) in [5, 5.41) is 2.05. The number of hydrogen-bond donors (Lipinski definition) is 1. The Bertz CT molecular complexity index is 306. The van der Waals surface area contributed by atoms with E-state index in [2.05, 4.69) is 4.98 Å². The zero-order valence-electron chi connectivity index (χ0n) is 7.80. The molecular weight excluding hydrogens is 213 g/mol. The van der Waals surface area contributed by atoms with Gasteiger partial charge in [0.25, 0.3) is 0 Å². The predicted octanol–water partition coefficient (Wildman–Crippen LogP) is 2.83. The van der Waals surface area contributed by atoms with E-state index in [1.54, 1.807) is 0 Å². The van der Waals surface area contributed by atoms with Crippen molar-refractivity contribution in [3.05, 3.63) is 16.1 Å². The summed E-state index contributed by atoms with van der Waals surface area (Å²) in [6.07, 6.45) is -4.41. The van der Waals surface area contributed by atoms with Gasteiger partial charge in [0.1, 0.15) is 6.04 Å². The lowest BCUT2D eigenvalue weighted by Crippen LogP contribution is -2.28. The first kappa shape index (κ1) is 11.5. The van der Waals surface area contributed by atoms with E-state index in [0.29, 0.717) is 5.01 Å². The van der Waals surface area contributed by atoms with E-state index in [-0.39, 0.29) is 11.6 Å². The van der Waals surface area contributed by atoms with Gasteiger partial charge in [-0.25, -0.2) is 4.98 Å². The Labute approximate surface area is 84.0 Å². The zero-order valence-corrected chi connectivity index (χ0v) is 8.62. The maximum Gasteiger partial charge on any atom is 0.409 e. The van der Waals surface area contributed by atoms with Gasteiger partial charge in [-0.15, -0.1) is 11.3 Å². The number of hydrogen-bond acceptors (Lipinski definition) is 3. The molecule has 1 rings (SSSR count). The zero-order chi connectivity index (χ0) is 10.9. The first-order valence-corrected chi connectivity index (χ1v) is 4.98. The SMILES string of the molecule is CC(C)c1nc(C(N)C(F)(F)F)cs1. The molecule has 0 radical (unpaired) electrons. The molecule has 6 heteroatoms. The van der Waals surface area contributed by atoms with Crippen LogP contribution in [0.15, 0.2) is 5.38 Å². The lowest BCUT2D eigenvalue weighted by atomic mass is 10.2. The van der Waals surface area contributed by atoms with Crippen molar-refractivity contribution in [2.24, 2.45) is 5.73 Å². The third-order valence-corrected chi connectivity index (χ3v) is 2.87. The van der Waals surface area contributed by atoms with Crippen LogP contribution in [0.2, 0.25) is 0 Å². The van der Waals surface area contributed by atoms with Crippen molar-refractivity contribution < 1.29 is 13.2 Å². The van der Waals surface area contributed by atoms with Crippen molar-refractivity contribution in [1.82, 2.24) is 4.98 Å². The van der Waals surface area contributed by atoms with Crippen LogP contribution in [0.3, 0.4) is 0 Å². The van der Waals surface area contributed by atoms with Gasteiger partial charge in [-0.3, -0.25) is 0 Å². The third-order valence-electron chi connectivity index (χ3n) is 1.70. The lowest BCUT2D eigenvalue weighted by molar-refractivity contribution is -0.149. The van der Waals surface area contributed by atoms with Crippen LogP contribution < -0.4 is 5.73 Å². The van der Waals surface area contributed by atoms with Crippen LogP contribution >= 0.6 is 11.3 Å². The Hall–Kier alpha value is -0.620. The summed E-state index contributed by atoms with van der Waals surface area (Å²) >= 11 is 1.21. The highest BCUT2D eigenvalue weighted by atomic mass is 32.1. The van der Waals surface area contributed by atoms with Crippen LogP contribution in [0.1, 0.15) is 36.5 Å². The second-order valence-corrected chi connectivity index (χ2v) is 4.17. The largest absolute Gasteiger partial charge is 0.409 e. The van der Waals surface area contributed by atoms with Gasteiger partial charge in [-0.2, -0.15) is 13.2 Å². The first-order valence-electron chi connectivity index (χ1n) is 4.10. The molecule has 0 aliphatic carbocycles. The number of alkyl halides is 3. The summed E-state index contributed by atoms with van der Waals surface area (Å²) in [5.41, 5.74) is 4.91. The number of rotatable bonds is 2. The second-order valence-electron chi connectivity index (χ2n) is 3.28. The maximum atomic E-state index is 12.2. The average Bonchev–Trinajstić information content (AvgIpc) is 2.48. The summed E-state index contributed by atoms with van der Waals surface area (Å²) in [5.74, 6) is 0.134. The normalized spacial score (nSPS) is 14.8. The lowest BCUT2D eigenvalue weighted by Gasteiger charge is -2.12. The molecule has 2 N–H and O–H groups in total. The molecular formula is C8H11F3N2S. The van der Waals surface area contributed by atoms with Crippen LogP contribution in [0.5, 0.6) is 0 Å². The van der Waals surface area contributed by atoms with E-state index in [0.717, 1.165) is 0 Å². The minimum absolute atomic E-state index is 0.0915. The van der Waals surface area contributed by atoms with E-state index in [9.17, 15) is 13.2 Å². The summed E-state index contributed by atoms with van der Waals surface area (Å²) in [4.78, 5) is 3.85. The fourth-order valence-electron chi connectivity index (χ4n) is 0.876. The van der Waals surface area contributed by atoms with Gasteiger partial charge in [0.2, 0.25) is 0 Å². The second kappa shape index (κ2) is 3.86. The fourth-order valence-corrected chi connectivity index (χ4v) is 1.75. The van der Waals surface area contributed by atoms with E-state index in [1.807, 2.05) is 13.8 Å². The molecule has 0 saturated heterocycles. The van der Waals surface area contributed by atoms with E-state index in [4.69, 9.17) is 5.73 Å². The Balaban J connectivity index is 2.87. The minimum Gasteiger partial charge on any atom is -0.315 e. The number of halogens is 3. The van der Waals surface area contributed by atoms with Crippen LogP contribution in [0, 0.1) is 0 Å². The van der Waals surface area contributed by atoms with Crippen molar-refractivity contribution in [2.45, 2.75) is 32.0 Å². The molecule has 0 bridgehead atoms. The summed E-state index contributed by atoms with van der Waals surface area (Å²) in [6, 6.07) is -1.97. The van der Waals surface area contributed by atoms with Gasteiger partial charge in [-0.1, -0.05) is 13.8 Å². The molecule has 0 aliphatic rings. The summed E-state index contributed by atoms with van der Waals surface area (Å²) in [6.45, 7) is 3.75. The van der Waals surface area contributed by atoms with Gasteiger partial charge in [0.05, 0.1) is 10.7 Å². The highest BCUT2D eigenvalue weighted by Gasteiger charge is 2.39. The molecule has 0 aliphatic heterocycles. The smallest absolute Gasteiger partial charge is 0.315 e. The molecule has 2 nitrogen and oxygen atoms in total. The number of thiazole rings is 1. The monoisotopic (exact) mass is 224 g/mol. The number of nitrogens with two attached hydrogens (primary N) is 1. The van der Waals surface area contributed by atoms with Crippen LogP contribution in [-0.4, -0.2) is 11.2 Å². The Morgan fingerprint density at radius 3 is 2.36 bits per heavy atom. The predicted molar refractivity (Wildman–Crippen MR) is 49.2 cm³/mol. The van der Waals surface area contributed by atoms with Gasteiger partial charge < -0.3 is 5.73 Å². The summed E-state index contributed by atoms with van der Waals surface area (Å²) < 4.78 is 36.6. The van der Waals surface area contributed by atoms with E-state index < -0.39 is 12.2 Å². The fraction of sp³-hybridized carbons (Fsp3) is 0.625. The number of aromatic nitrogens is 1. The van der Waals surface area contributed by atoms with Crippen molar-refractivity contribution in [1.29, 1.82) is 0 Å². The Kier molecular flexibility index (Phi) is 3.16. The molecule has 14 heavy (non-hydrogen) atoms. The molecule has 1 heterocycles. The van der Waals surface area contributed by atoms with Gasteiger partial charge in [-0.05, 0) is 0 Å². The third kappa shape index (κ3) is 2.45. The van der Waals surface area contributed by atoms with Gasteiger partial charge in [0.15, 0.2) is 0 Å². The highest BCUT2D eigenvalue weighted by Crippen LogP contribution is 2.32. The van der Waals surface area contributed by atoms with Gasteiger partial charge >= 0.3 is 6.18 Å². The Morgan fingerprint density at radius 2 is 2.00 bits per heavy atom. The average molecular weight is 224 g/mol. The molecule has 1 unspecified atom stereocenters. The van der Waals surface area contributed by atoms with Crippen LogP contribution in [0.25, 0.3) is 0 Å². The van der Waals surface area contributed by atoms with Crippen molar-refractivity contribution in [2.75, 3.05) is 0 Å². The first-order chi connectivity index (χ1) is 6.32. The van der Waals surface area contributed by atoms with Crippen LogP contribution in [0.4, 0.5) is 13.2 Å². The Morgan fingerprint density at radius 1 is 1.43 bits per heavy atom. The minimum atomic E-state index is -4.41. The van der Waals surface area contributed by atoms with Gasteiger partial charge in [0, 0.05) is 11.3 Å². The number of nitrogens with zero attached hydrogens (tertiary/aromatic N) is 1.